The third kappa shape index (κ3) is 3.36. The Balaban J connectivity index is 2.19. The molecule has 1 saturated heterocycles. The second-order valence-corrected chi connectivity index (χ2v) is 7.47. The third-order valence-corrected chi connectivity index (χ3v) is 5.68. The molecule has 1 aliphatic rings. The summed E-state index contributed by atoms with van der Waals surface area (Å²) in [5.41, 5.74) is 0.980. The first-order chi connectivity index (χ1) is 9.85. The van der Waals surface area contributed by atoms with Crippen molar-refractivity contribution in [2.24, 2.45) is 0 Å². The van der Waals surface area contributed by atoms with Crippen LogP contribution in [0.3, 0.4) is 0 Å². The van der Waals surface area contributed by atoms with Crippen molar-refractivity contribution in [1.29, 1.82) is 0 Å². The molecule has 2 rings (SSSR count). The number of hydrogen-bond donors (Lipinski definition) is 1. The van der Waals surface area contributed by atoms with Gasteiger partial charge in [0.1, 0.15) is 0 Å². The monoisotopic (exact) mass is 313 g/mol. The minimum atomic E-state index is -3.49. The van der Waals surface area contributed by atoms with Crippen LogP contribution in [-0.4, -0.2) is 42.5 Å². The van der Waals surface area contributed by atoms with E-state index in [1.807, 2.05) is 6.92 Å². The summed E-state index contributed by atoms with van der Waals surface area (Å²) in [4.78, 5) is 16.9. The molecule has 6 nitrogen and oxygen atoms in total. The summed E-state index contributed by atoms with van der Waals surface area (Å²) in [5, 5.41) is 8.54. The molecular formula is C14H19NO5S. The van der Waals surface area contributed by atoms with Crippen molar-refractivity contribution < 1.29 is 23.4 Å². The van der Waals surface area contributed by atoms with Crippen LogP contribution in [0.4, 0.5) is 4.79 Å². The number of aryl methyl sites for hydroxylation is 1. The second kappa shape index (κ2) is 6.03. The highest BCUT2D eigenvalue weighted by Gasteiger charge is 2.38. The van der Waals surface area contributed by atoms with Gasteiger partial charge < -0.3 is 0 Å². The van der Waals surface area contributed by atoms with Crippen molar-refractivity contribution >= 4 is 15.9 Å². The van der Waals surface area contributed by atoms with E-state index in [9.17, 15) is 13.2 Å². The summed E-state index contributed by atoms with van der Waals surface area (Å²) in [6.07, 6.45) is 0.356. The average molecular weight is 313 g/mol. The Kier molecular flexibility index (Phi) is 4.53. The van der Waals surface area contributed by atoms with E-state index in [-0.39, 0.29) is 16.7 Å². The van der Waals surface area contributed by atoms with Gasteiger partial charge in [-0.05, 0) is 38.8 Å². The van der Waals surface area contributed by atoms with E-state index in [1.54, 1.807) is 31.2 Å². The highest BCUT2D eigenvalue weighted by atomic mass is 32.2. The van der Waals surface area contributed by atoms with Crippen molar-refractivity contribution in [1.82, 2.24) is 4.90 Å². The van der Waals surface area contributed by atoms with Crippen molar-refractivity contribution in [2.75, 3.05) is 5.75 Å². The van der Waals surface area contributed by atoms with Gasteiger partial charge in [0.15, 0.2) is 9.84 Å². The lowest BCUT2D eigenvalue weighted by Crippen LogP contribution is -2.43. The zero-order valence-corrected chi connectivity index (χ0v) is 12.8. The molecule has 1 aliphatic heterocycles. The molecule has 1 heterocycles. The Labute approximate surface area is 124 Å². The van der Waals surface area contributed by atoms with Gasteiger partial charge >= 0.3 is 6.09 Å². The molecule has 7 heteroatoms. The van der Waals surface area contributed by atoms with Gasteiger partial charge in [0.25, 0.3) is 0 Å². The third-order valence-electron chi connectivity index (χ3n) is 3.87. The summed E-state index contributed by atoms with van der Waals surface area (Å²) in [6.45, 7) is 3.68. The van der Waals surface area contributed by atoms with Crippen molar-refractivity contribution in [3.05, 3.63) is 29.8 Å². The van der Waals surface area contributed by atoms with Gasteiger partial charge in [0, 0.05) is 12.1 Å². The van der Waals surface area contributed by atoms with Crippen LogP contribution in [-0.2, 0) is 14.7 Å². The number of likely N-dealkylation sites (tertiary alicyclic amines) is 1. The Bertz CT molecular complexity index is 611. The topological polar surface area (TPSA) is 83.9 Å². The first kappa shape index (κ1) is 15.8. The standard InChI is InChI=1S/C14H19NO5S/c1-10-3-7-13(8-4-10)21(18,19)9-12-6-5-11(2)15(12)14(16)20-17/h3-4,7-8,11-12,17H,5-6,9H2,1-2H3. The van der Waals surface area contributed by atoms with Crippen molar-refractivity contribution in [3.8, 4) is 0 Å². The molecule has 0 radical (unpaired) electrons. The molecule has 2 atom stereocenters. The minimum Gasteiger partial charge on any atom is -0.299 e. The normalized spacial score (nSPS) is 22.3. The molecule has 1 amide bonds. The smallest absolute Gasteiger partial charge is 0.299 e. The van der Waals surface area contributed by atoms with Gasteiger partial charge in [0.2, 0.25) is 0 Å². The lowest BCUT2D eigenvalue weighted by Gasteiger charge is -2.25. The van der Waals surface area contributed by atoms with Crippen molar-refractivity contribution in [3.63, 3.8) is 0 Å². The van der Waals surface area contributed by atoms with Gasteiger partial charge in [-0.3, -0.25) is 9.79 Å². The van der Waals surface area contributed by atoms with Crippen molar-refractivity contribution in [2.45, 2.75) is 43.7 Å². The van der Waals surface area contributed by atoms with Crippen LogP contribution >= 0.6 is 0 Å². The van der Waals surface area contributed by atoms with Gasteiger partial charge in [-0.15, -0.1) is 0 Å². The van der Waals surface area contributed by atoms with Crippen LogP contribution in [0.2, 0.25) is 0 Å². The SMILES string of the molecule is Cc1ccc(S(=O)(=O)CC2CCC(C)N2C(=O)OO)cc1. The Morgan fingerprint density at radius 2 is 1.95 bits per heavy atom. The molecular weight excluding hydrogens is 294 g/mol. The summed E-state index contributed by atoms with van der Waals surface area (Å²) < 4.78 is 24.8. The number of rotatable bonds is 3. The van der Waals surface area contributed by atoms with E-state index in [4.69, 9.17) is 5.26 Å². The number of sulfone groups is 1. The predicted octanol–water partition coefficient (Wildman–Crippen LogP) is 2.23. The highest BCUT2D eigenvalue weighted by Crippen LogP contribution is 2.27. The fourth-order valence-electron chi connectivity index (χ4n) is 2.71. The average Bonchev–Trinajstić information content (AvgIpc) is 2.79. The molecule has 1 aromatic carbocycles. The predicted molar refractivity (Wildman–Crippen MR) is 76.7 cm³/mol. The zero-order chi connectivity index (χ0) is 15.6. The molecule has 0 bridgehead atoms. The molecule has 1 aromatic rings. The molecule has 2 unspecified atom stereocenters. The van der Waals surface area contributed by atoms with Crippen LogP contribution in [0, 0.1) is 6.92 Å². The largest absolute Gasteiger partial charge is 0.441 e. The van der Waals surface area contributed by atoms with Gasteiger partial charge in [-0.1, -0.05) is 17.7 Å². The lowest BCUT2D eigenvalue weighted by atomic mass is 10.2. The maximum Gasteiger partial charge on any atom is 0.441 e. The zero-order valence-electron chi connectivity index (χ0n) is 12.0. The molecule has 0 spiro atoms. The first-order valence-electron chi connectivity index (χ1n) is 6.78. The molecule has 1 N–H and O–H groups in total. The van der Waals surface area contributed by atoms with Gasteiger partial charge in [0.05, 0.1) is 10.6 Å². The number of carbonyl (C=O) groups is 1. The maximum absolute atomic E-state index is 12.4. The Hall–Kier alpha value is -1.60. The van der Waals surface area contributed by atoms with E-state index < -0.39 is 22.0 Å². The lowest BCUT2D eigenvalue weighted by molar-refractivity contribution is -0.190. The van der Waals surface area contributed by atoms with E-state index in [1.165, 1.54) is 4.90 Å². The van der Waals surface area contributed by atoms with Crippen LogP contribution in [0.1, 0.15) is 25.3 Å². The summed E-state index contributed by atoms with van der Waals surface area (Å²) in [5.74, 6) is -0.171. The summed E-state index contributed by atoms with van der Waals surface area (Å²) in [7, 11) is -3.49. The fraction of sp³-hybridized carbons (Fsp3) is 0.500. The number of nitrogens with zero attached hydrogens (tertiary/aromatic N) is 1. The van der Waals surface area contributed by atoms with Crippen LogP contribution in [0.5, 0.6) is 0 Å². The van der Waals surface area contributed by atoms with Crippen LogP contribution in [0.25, 0.3) is 0 Å². The van der Waals surface area contributed by atoms with Gasteiger partial charge in [-0.2, -0.15) is 5.26 Å². The minimum absolute atomic E-state index is 0.150. The maximum atomic E-state index is 12.4. The van der Waals surface area contributed by atoms with E-state index in [2.05, 4.69) is 4.89 Å². The molecule has 116 valence electrons. The molecule has 1 fully saturated rings. The van der Waals surface area contributed by atoms with E-state index in [0.29, 0.717) is 12.8 Å². The van der Waals surface area contributed by atoms with Crippen LogP contribution in [0.15, 0.2) is 29.2 Å². The number of benzene rings is 1. The molecule has 0 aliphatic carbocycles. The van der Waals surface area contributed by atoms with E-state index >= 15 is 0 Å². The first-order valence-corrected chi connectivity index (χ1v) is 8.43. The summed E-state index contributed by atoms with van der Waals surface area (Å²) in [6, 6.07) is 5.98. The second-order valence-electron chi connectivity index (χ2n) is 5.44. The Morgan fingerprint density at radius 3 is 2.52 bits per heavy atom. The highest BCUT2D eigenvalue weighted by molar-refractivity contribution is 7.91. The number of hydrogen-bond acceptors (Lipinski definition) is 5. The van der Waals surface area contributed by atoms with E-state index in [0.717, 1.165) is 5.56 Å². The quantitative estimate of drug-likeness (QED) is 0.683. The molecule has 21 heavy (non-hydrogen) atoms. The fourth-order valence-corrected chi connectivity index (χ4v) is 4.28. The van der Waals surface area contributed by atoms with Crippen LogP contribution < -0.4 is 0 Å². The number of amides is 1. The molecule has 0 saturated carbocycles. The van der Waals surface area contributed by atoms with Gasteiger partial charge in [-0.25, -0.2) is 13.2 Å². The number of carbonyl (C=O) groups excluding carboxylic acids is 1. The Morgan fingerprint density at radius 1 is 1.33 bits per heavy atom. The molecule has 0 aromatic heterocycles. The summed E-state index contributed by atoms with van der Waals surface area (Å²) >= 11 is 0.